The number of hydrogen-bond donors (Lipinski definition) is 1. The predicted octanol–water partition coefficient (Wildman–Crippen LogP) is 0.454. The number of carbonyl (C=O) groups is 2. The average molecular weight is 206 g/mol. The first-order valence-corrected chi connectivity index (χ1v) is 4.55. The molecule has 78 valence electrons. The molecule has 1 aromatic heterocycles. The molecule has 5 nitrogen and oxygen atoms in total. The van der Waals surface area contributed by atoms with Crippen molar-refractivity contribution in [1.29, 1.82) is 0 Å². The zero-order valence-corrected chi connectivity index (χ0v) is 7.96. The van der Waals surface area contributed by atoms with Gasteiger partial charge in [0.2, 0.25) is 5.91 Å². The first-order valence-electron chi connectivity index (χ1n) is 4.55. The van der Waals surface area contributed by atoms with Crippen LogP contribution in [0.3, 0.4) is 0 Å². The zero-order chi connectivity index (χ0) is 10.8. The summed E-state index contributed by atoms with van der Waals surface area (Å²) in [6.45, 7) is -0.317. The van der Waals surface area contributed by atoms with E-state index in [1.54, 1.807) is 29.1 Å². The second-order valence-electron chi connectivity index (χ2n) is 3.23. The lowest BCUT2D eigenvalue weighted by Crippen LogP contribution is -2.43. The molecule has 0 aromatic carbocycles. The van der Waals surface area contributed by atoms with Crippen LogP contribution in [0.5, 0.6) is 0 Å². The lowest BCUT2D eigenvalue weighted by Gasteiger charge is -2.21. The minimum Gasteiger partial charge on any atom is -0.480 e. The van der Waals surface area contributed by atoms with Crippen molar-refractivity contribution < 1.29 is 14.7 Å². The molecule has 1 aromatic rings. The third-order valence-electron chi connectivity index (χ3n) is 2.17. The molecule has 0 aliphatic carbocycles. The highest BCUT2D eigenvalue weighted by Crippen LogP contribution is 2.11. The largest absolute Gasteiger partial charge is 0.480 e. The Balaban J connectivity index is 2.38. The van der Waals surface area contributed by atoms with Crippen LogP contribution in [0.1, 0.15) is 12.1 Å². The van der Waals surface area contributed by atoms with Gasteiger partial charge in [-0.3, -0.25) is 14.3 Å². The Morgan fingerprint density at radius 1 is 1.53 bits per heavy atom. The first-order chi connectivity index (χ1) is 7.18. The summed E-state index contributed by atoms with van der Waals surface area (Å²) >= 11 is 0. The highest BCUT2D eigenvalue weighted by Gasteiger charge is 2.20. The van der Waals surface area contributed by atoms with Crippen molar-refractivity contribution in [2.75, 3.05) is 11.6 Å². The first kappa shape index (κ1) is 9.51. The number of aromatic nitrogens is 1. The van der Waals surface area contributed by atoms with E-state index in [1.165, 1.54) is 5.01 Å². The van der Waals surface area contributed by atoms with Gasteiger partial charge >= 0.3 is 5.97 Å². The third-order valence-corrected chi connectivity index (χ3v) is 2.17. The number of fused-ring (bicyclic) bond motifs is 1. The maximum absolute atomic E-state index is 11.6. The van der Waals surface area contributed by atoms with Gasteiger partial charge in [-0.05, 0) is 18.2 Å². The van der Waals surface area contributed by atoms with Gasteiger partial charge in [0, 0.05) is 12.6 Å². The van der Waals surface area contributed by atoms with Crippen LogP contribution in [0.25, 0.3) is 6.08 Å². The molecule has 1 aliphatic heterocycles. The number of amides is 1. The summed E-state index contributed by atoms with van der Waals surface area (Å²) in [6, 6.07) is 3.59. The molecule has 0 atom stereocenters. The van der Waals surface area contributed by atoms with Crippen LogP contribution < -0.4 is 5.01 Å². The van der Waals surface area contributed by atoms with Crippen LogP contribution in [0.4, 0.5) is 0 Å². The average Bonchev–Trinajstić information content (AvgIpc) is 2.57. The van der Waals surface area contributed by atoms with Crippen molar-refractivity contribution in [1.82, 2.24) is 4.68 Å². The lowest BCUT2D eigenvalue weighted by molar-refractivity contribution is -0.137. The van der Waals surface area contributed by atoms with Crippen molar-refractivity contribution >= 4 is 18.0 Å². The predicted molar refractivity (Wildman–Crippen MR) is 53.8 cm³/mol. The Bertz CT molecular complexity index is 434. The van der Waals surface area contributed by atoms with Crippen molar-refractivity contribution in [3.63, 3.8) is 0 Å². The molecular weight excluding hydrogens is 196 g/mol. The van der Waals surface area contributed by atoms with E-state index in [1.807, 2.05) is 6.07 Å². The molecule has 0 radical (unpaired) electrons. The van der Waals surface area contributed by atoms with Crippen molar-refractivity contribution in [3.05, 3.63) is 30.1 Å². The van der Waals surface area contributed by atoms with E-state index in [0.717, 1.165) is 5.69 Å². The summed E-state index contributed by atoms with van der Waals surface area (Å²) in [5, 5.41) is 9.93. The normalized spacial score (nSPS) is 14.9. The van der Waals surface area contributed by atoms with Gasteiger partial charge in [0.1, 0.15) is 6.54 Å². The van der Waals surface area contributed by atoms with Crippen molar-refractivity contribution in [2.24, 2.45) is 0 Å². The number of rotatable bonds is 2. The van der Waals surface area contributed by atoms with Gasteiger partial charge in [0.15, 0.2) is 0 Å². The van der Waals surface area contributed by atoms with E-state index in [9.17, 15) is 9.59 Å². The Labute approximate surface area is 86.2 Å². The molecule has 1 N–H and O–H groups in total. The molecule has 0 fully saturated rings. The summed E-state index contributed by atoms with van der Waals surface area (Å²) in [6.07, 6.45) is 5.44. The summed E-state index contributed by atoms with van der Waals surface area (Å²) in [4.78, 5) is 22.2. The molecule has 0 saturated heterocycles. The fraction of sp³-hybridized carbons (Fsp3) is 0.200. The fourth-order valence-electron chi connectivity index (χ4n) is 1.54. The van der Waals surface area contributed by atoms with E-state index >= 15 is 0 Å². The lowest BCUT2D eigenvalue weighted by atomic mass is 10.3. The SMILES string of the molecule is O=C(O)CN1C(=O)CC=Cc2cccn21. The van der Waals surface area contributed by atoms with Crippen molar-refractivity contribution in [2.45, 2.75) is 6.42 Å². The summed E-state index contributed by atoms with van der Waals surface area (Å²) in [7, 11) is 0. The van der Waals surface area contributed by atoms with Gasteiger partial charge in [-0.15, -0.1) is 0 Å². The van der Waals surface area contributed by atoms with E-state index in [4.69, 9.17) is 5.11 Å². The minimum absolute atomic E-state index is 0.219. The summed E-state index contributed by atoms with van der Waals surface area (Å²) in [5.41, 5.74) is 0.808. The van der Waals surface area contributed by atoms with Gasteiger partial charge in [-0.1, -0.05) is 6.08 Å². The second-order valence-corrected chi connectivity index (χ2v) is 3.23. The second kappa shape index (κ2) is 3.61. The van der Waals surface area contributed by atoms with Gasteiger partial charge in [0.25, 0.3) is 0 Å². The monoisotopic (exact) mass is 206 g/mol. The Morgan fingerprint density at radius 2 is 2.33 bits per heavy atom. The van der Waals surface area contributed by atoms with Crippen LogP contribution in [0.2, 0.25) is 0 Å². The molecule has 1 aliphatic rings. The Kier molecular flexibility index (Phi) is 2.29. The molecular formula is C10H10N2O3. The quantitative estimate of drug-likeness (QED) is 0.764. The smallest absolute Gasteiger partial charge is 0.325 e. The minimum atomic E-state index is -1.02. The highest BCUT2D eigenvalue weighted by molar-refractivity contribution is 5.93. The van der Waals surface area contributed by atoms with Gasteiger partial charge in [-0.2, -0.15) is 0 Å². The van der Waals surface area contributed by atoms with Gasteiger partial charge in [-0.25, -0.2) is 5.01 Å². The third kappa shape index (κ3) is 1.76. The molecule has 5 heteroatoms. The standard InChI is InChI=1S/C10H10N2O3/c13-9-5-1-3-8-4-2-6-11(8)12(9)7-10(14)15/h1-4,6H,5,7H2,(H,14,15). The van der Waals surface area contributed by atoms with Crippen LogP contribution in [0.15, 0.2) is 24.4 Å². The molecule has 1 amide bonds. The topological polar surface area (TPSA) is 62.5 Å². The van der Waals surface area contributed by atoms with Gasteiger partial charge in [0.05, 0.1) is 5.69 Å². The number of nitrogens with zero attached hydrogens (tertiary/aromatic N) is 2. The molecule has 0 spiro atoms. The summed E-state index contributed by atoms with van der Waals surface area (Å²) in [5.74, 6) is -1.24. The van der Waals surface area contributed by atoms with E-state index in [-0.39, 0.29) is 18.9 Å². The molecule has 2 heterocycles. The maximum atomic E-state index is 11.6. The summed E-state index contributed by atoms with van der Waals surface area (Å²) < 4.78 is 1.56. The van der Waals surface area contributed by atoms with E-state index in [0.29, 0.717) is 0 Å². The molecule has 0 saturated carbocycles. The van der Waals surface area contributed by atoms with E-state index < -0.39 is 5.97 Å². The van der Waals surface area contributed by atoms with E-state index in [2.05, 4.69) is 0 Å². The number of carboxylic acid groups (broad SMARTS) is 1. The van der Waals surface area contributed by atoms with Crippen LogP contribution in [0, 0.1) is 0 Å². The zero-order valence-electron chi connectivity index (χ0n) is 7.96. The Morgan fingerprint density at radius 3 is 3.07 bits per heavy atom. The number of carbonyl (C=O) groups excluding carboxylic acids is 1. The van der Waals surface area contributed by atoms with Gasteiger partial charge < -0.3 is 5.11 Å². The molecule has 2 rings (SSSR count). The van der Waals surface area contributed by atoms with Crippen LogP contribution in [-0.2, 0) is 9.59 Å². The van der Waals surface area contributed by atoms with Crippen LogP contribution >= 0.6 is 0 Å². The number of carboxylic acids is 1. The highest BCUT2D eigenvalue weighted by atomic mass is 16.4. The molecule has 0 bridgehead atoms. The fourth-order valence-corrected chi connectivity index (χ4v) is 1.54. The van der Waals surface area contributed by atoms with Crippen LogP contribution in [-0.4, -0.2) is 28.2 Å². The number of aliphatic carboxylic acids is 1. The van der Waals surface area contributed by atoms with Crippen molar-refractivity contribution in [3.8, 4) is 0 Å². The molecule has 0 unspecified atom stereocenters. The molecule has 15 heavy (non-hydrogen) atoms. The number of hydrogen-bond acceptors (Lipinski definition) is 2. The Hall–Kier alpha value is -2.04. The maximum Gasteiger partial charge on any atom is 0.325 e.